The minimum absolute atomic E-state index is 0.121. The van der Waals surface area contributed by atoms with Gasteiger partial charge in [-0.2, -0.15) is 0 Å². The molecule has 1 aromatic rings. The number of amides is 1. The Kier molecular flexibility index (Phi) is 7.28. The highest BCUT2D eigenvalue weighted by atomic mass is 16.2. The largest absolute Gasteiger partial charge is 0.358 e. The standard InChI is InChI=1S/C10H14N2O.C2H6/c1-12-10(13)9(11)7-8-5-3-2-4-6-8;1-2/h2-6,9H,7,11H2,1H3,(H,12,13);1-2H3. The van der Waals surface area contributed by atoms with Gasteiger partial charge in [-0.25, -0.2) is 0 Å². The second-order valence-corrected chi connectivity index (χ2v) is 2.91. The molecule has 84 valence electrons. The van der Waals surface area contributed by atoms with Crippen LogP contribution in [0.1, 0.15) is 19.4 Å². The number of nitrogens with one attached hydrogen (secondary N) is 1. The third kappa shape index (κ3) is 5.18. The molecular weight excluding hydrogens is 188 g/mol. The van der Waals surface area contributed by atoms with Crippen LogP contribution in [0, 0.1) is 0 Å². The molecule has 0 aromatic heterocycles. The first-order valence-corrected chi connectivity index (χ1v) is 5.25. The number of benzene rings is 1. The maximum absolute atomic E-state index is 11.1. The highest BCUT2D eigenvalue weighted by Crippen LogP contribution is 2.01. The zero-order valence-corrected chi connectivity index (χ0v) is 9.66. The summed E-state index contributed by atoms with van der Waals surface area (Å²) >= 11 is 0. The molecule has 0 saturated heterocycles. The van der Waals surface area contributed by atoms with Crippen molar-refractivity contribution in [3.05, 3.63) is 35.9 Å². The van der Waals surface area contributed by atoms with E-state index in [4.69, 9.17) is 5.73 Å². The molecule has 0 aliphatic heterocycles. The molecule has 1 amide bonds. The summed E-state index contributed by atoms with van der Waals surface area (Å²) in [4.78, 5) is 11.1. The van der Waals surface area contributed by atoms with Crippen LogP contribution in [0.15, 0.2) is 30.3 Å². The maximum Gasteiger partial charge on any atom is 0.237 e. The van der Waals surface area contributed by atoms with E-state index < -0.39 is 6.04 Å². The molecule has 0 aliphatic rings. The normalized spacial score (nSPS) is 10.9. The third-order valence-electron chi connectivity index (χ3n) is 1.88. The average Bonchev–Trinajstić information content (AvgIpc) is 2.32. The fourth-order valence-electron chi connectivity index (χ4n) is 1.15. The van der Waals surface area contributed by atoms with Crippen molar-refractivity contribution in [2.24, 2.45) is 5.73 Å². The van der Waals surface area contributed by atoms with Gasteiger partial charge in [-0.15, -0.1) is 0 Å². The van der Waals surface area contributed by atoms with Crippen molar-refractivity contribution in [2.75, 3.05) is 7.05 Å². The number of likely N-dealkylation sites (N-methyl/N-ethyl adjacent to an activating group) is 1. The van der Waals surface area contributed by atoms with E-state index in [1.807, 2.05) is 44.2 Å². The summed E-state index contributed by atoms with van der Waals surface area (Å²) in [5, 5.41) is 2.52. The van der Waals surface area contributed by atoms with Crippen molar-refractivity contribution in [1.29, 1.82) is 0 Å². The van der Waals surface area contributed by atoms with Crippen LogP contribution in [-0.4, -0.2) is 19.0 Å². The summed E-state index contributed by atoms with van der Waals surface area (Å²) in [6.45, 7) is 4.00. The predicted molar refractivity (Wildman–Crippen MR) is 63.5 cm³/mol. The smallest absolute Gasteiger partial charge is 0.237 e. The molecule has 1 aromatic carbocycles. The van der Waals surface area contributed by atoms with Gasteiger partial charge < -0.3 is 11.1 Å². The number of hydrogen-bond donors (Lipinski definition) is 2. The van der Waals surface area contributed by atoms with E-state index in [1.165, 1.54) is 0 Å². The zero-order valence-electron chi connectivity index (χ0n) is 9.66. The van der Waals surface area contributed by atoms with E-state index >= 15 is 0 Å². The summed E-state index contributed by atoms with van der Waals surface area (Å²) in [6.07, 6.45) is 0.584. The summed E-state index contributed by atoms with van der Waals surface area (Å²) < 4.78 is 0. The van der Waals surface area contributed by atoms with Gasteiger partial charge in [0, 0.05) is 7.05 Å². The van der Waals surface area contributed by atoms with Crippen LogP contribution in [0.2, 0.25) is 0 Å². The fourth-order valence-corrected chi connectivity index (χ4v) is 1.15. The second-order valence-electron chi connectivity index (χ2n) is 2.91. The van der Waals surface area contributed by atoms with Crippen LogP contribution >= 0.6 is 0 Å². The van der Waals surface area contributed by atoms with Gasteiger partial charge in [0.25, 0.3) is 0 Å². The topological polar surface area (TPSA) is 55.1 Å². The molecule has 3 nitrogen and oxygen atoms in total. The lowest BCUT2D eigenvalue weighted by Crippen LogP contribution is -2.40. The van der Waals surface area contributed by atoms with Crippen molar-refractivity contribution in [2.45, 2.75) is 26.3 Å². The Labute approximate surface area is 91.7 Å². The Morgan fingerprint density at radius 3 is 2.33 bits per heavy atom. The van der Waals surface area contributed by atoms with Crippen molar-refractivity contribution >= 4 is 5.91 Å². The van der Waals surface area contributed by atoms with E-state index in [0.717, 1.165) is 5.56 Å². The van der Waals surface area contributed by atoms with Gasteiger partial charge in [0.1, 0.15) is 0 Å². The van der Waals surface area contributed by atoms with Gasteiger partial charge in [-0.05, 0) is 12.0 Å². The highest BCUT2D eigenvalue weighted by molar-refractivity contribution is 5.81. The number of carbonyl (C=O) groups excluding carboxylic acids is 1. The molecule has 0 fully saturated rings. The van der Waals surface area contributed by atoms with E-state index in [2.05, 4.69) is 5.32 Å². The summed E-state index contributed by atoms with van der Waals surface area (Å²) in [5.74, 6) is -0.121. The number of carbonyl (C=O) groups is 1. The Morgan fingerprint density at radius 1 is 1.33 bits per heavy atom. The molecule has 0 saturated carbocycles. The molecule has 3 heteroatoms. The average molecular weight is 208 g/mol. The van der Waals surface area contributed by atoms with Gasteiger partial charge in [-0.3, -0.25) is 4.79 Å². The SMILES string of the molecule is CC.CNC(=O)C(N)Cc1ccccc1. The number of nitrogens with two attached hydrogens (primary N) is 1. The second kappa shape index (κ2) is 8.00. The van der Waals surface area contributed by atoms with Gasteiger partial charge in [-0.1, -0.05) is 44.2 Å². The predicted octanol–water partition coefficient (Wildman–Crippen LogP) is 1.33. The van der Waals surface area contributed by atoms with Crippen molar-refractivity contribution in [1.82, 2.24) is 5.32 Å². The Hall–Kier alpha value is -1.35. The van der Waals surface area contributed by atoms with Gasteiger partial charge >= 0.3 is 0 Å². The van der Waals surface area contributed by atoms with Crippen molar-refractivity contribution in [3.8, 4) is 0 Å². The highest BCUT2D eigenvalue weighted by Gasteiger charge is 2.11. The molecule has 1 unspecified atom stereocenters. The monoisotopic (exact) mass is 208 g/mol. The Balaban J connectivity index is 0.000000921. The van der Waals surface area contributed by atoms with E-state index in [1.54, 1.807) is 7.05 Å². The number of hydrogen-bond acceptors (Lipinski definition) is 2. The van der Waals surface area contributed by atoms with Crippen LogP contribution in [0.25, 0.3) is 0 Å². The quantitative estimate of drug-likeness (QED) is 0.787. The number of rotatable bonds is 3. The summed E-state index contributed by atoms with van der Waals surface area (Å²) in [6, 6.07) is 9.28. The first kappa shape index (κ1) is 13.7. The first-order valence-electron chi connectivity index (χ1n) is 5.25. The van der Waals surface area contributed by atoms with Crippen LogP contribution in [-0.2, 0) is 11.2 Å². The Bertz CT molecular complexity index is 272. The van der Waals surface area contributed by atoms with Crippen molar-refractivity contribution in [3.63, 3.8) is 0 Å². The summed E-state index contributed by atoms with van der Waals surface area (Å²) in [5.41, 5.74) is 6.73. The first-order chi connectivity index (χ1) is 7.24. The van der Waals surface area contributed by atoms with Crippen LogP contribution in [0.4, 0.5) is 0 Å². The lowest BCUT2D eigenvalue weighted by atomic mass is 10.1. The zero-order chi connectivity index (χ0) is 11.7. The molecule has 15 heavy (non-hydrogen) atoms. The van der Waals surface area contributed by atoms with Crippen molar-refractivity contribution < 1.29 is 4.79 Å². The molecule has 0 bridgehead atoms. The molecular formula is C12H20N2O. The molecule has 0 aliphatic carbocycles. The van der Waals surface area contributed by atoms with Gasteiger partial charge in [0.2, 0.25) is 5.91 Å². The molecule has 0 heterocycles. The lowest BCUT2D eigenvalue weighted by Gasteiger charge is -2.09. The van der Waals surface area contributed by atoms with Crippen LogP contribution < -0.4 is 11.1 Å². The van der Waals surface area contributed by atoms with Gasteiger partial charge in [0.05, 0.1) is 6.04 Å². The van der Waals surface area contributed by atoms with Crippen LogP contribution in [0.3, 0.4) is 0 Å². The summed E-state index contributed by atoms with van der Waals surface area (Å²) in [7, 11) is 1.59. The lowest BCUT2D eigenvalue weighted by molar-refractivity contribution is -0.121. The molecule has 3 N–H and O–H groups in total. The Morgan fingerprint density at radius 2 is 1.87 bits per heavy atom. The molecule has 1 atom stereocenters. The molecule has 0 radical (unpaired) electrons. The van der Waals surface area contributed by atoms with E-state index in [9.17, 15) is 4.79 Å². The third-order valence-corrected chi connectivity index (χ3v) is 1.88. The molecule has 0 spiro atoms. The minimum atomic E-state index is -0.451. The van der Waals surface area contributed by atoms with Gasteiger partial charge in [0.15, 0.2) is 0 Å². The molecule has 1 rings (SSSR count). The maximum atomic E-state index is 11.1. The van der Waals surface area contributed by atoms with Crippen LogP contribution in [0.5, 0.6) is 0 Å². The fraction of sp³-hybridized carbons (Fsp3) is 0.417. The minimum Gasteiger partial charge on any atom is -0.358 e. The van der Waals surface area contributed by atoms with E-state index in [0.29, 0.717) is 6.42 Å². The van der Waals surface area contributed by atoms with E-state index in [-0.39, 0.29) is 5.91 Å².